The Kier molecular flexibility index (Phi) is 6.84. The first-order chi connectivity index (χ1) is 13.3. The Balaban J connectivity index is 1.96. The van der Waals surface area contributed by atoms with Crippen molar-refractivity contribution in [2.24, 2.45) is 0 Å². The van der Waals surface area contributed by atoms with Gasteiger partial charge in [0.25, 0.3) is 0 Å². The number of hydrogen-bond donors (Lipinski definition) is 0. The van der Waals surface area contributed by atoms with Crippen LogP contribution < -0.4 is 4.74 Å². The van der Waals surface area contributed by atoms with Gasteiger partial charge in [-0.1, -0.05) is 78.9 Å². The molecule has 2 heteroatoms. The van der Waals surface area contributed by atoms with Crippen LogP contribution in [0.1, 0.15) is 29.5 Å². The van der Waals surface area contributed by atoms with Crippen molar-refractivity contribution in [3.05, 3.63) is 108 Å². The number of benzene rings is 3. The molecule has 0 fully saturated rings. The van der Waals surface area contributed by atoms with E-state index in [1.807, 2.05) is 12.1 Å². The summed E-state index contributed by atoms with van der Waals surface area (Å²) in [6.45, 7) is 3.26. The van der Waals surface area contributed by atoms with Crippen LogP contribution in [0.5, 0.6) is 5.75 Å². The van der Waals surface area contributed by atoms with Crippen LogP contribution in [0.3, 0.4) is 0 Å². The van der Waals surface area contributed by atoms with Gasteiger partial charge in [0.1, 0.15) is 12.4 Å². The molecule has 0 spiro atoms. The van der Waals surface area contributed by atoms with Gasteiger partial charge in [0.15, 0.2) is 0 Å². The molecule has 0 aliphatic heterocycles. The van der Waals surface area contributed by atoms with Gasteiger partial charge >= 0.3 is 0 Å². The quantitative estimate of drug-likeness (QED) is 0.463. The first kappa shape index (κ1) is 18.9. The first-order valence-electron chi connectivity index (χ1n) is 9.31. The molecule has 3 aromatic rings. The maximum Gasteiger partial charge on any atom is 0.119 e. The van der Waals surface area contributed by atoms with Gasteiger partial charge in [-0.3, -0.25) is 0 Å². The Morgan fingerprint density at radius 2 is 1.37 bits per heavy atom. The van der Waals surface area contributed by atoms with E-state index in [0.29, 0.717) is 13.2 Å². The van der Waals surface area contributed by atoms with E-state index in [9.17, 15) is 0 Å². The molecule has 1 atom stereocenters. The number of methoxy groups -OCH3 is 1. The predicted octanol–water partition coefficient (Wildman–Crippen LogP) is 5.95. The smallest absolute Gasteiger partial charge is 0.119 e. The van der Waals surface area contributed by atoms with E-state index < -0.39 is 0 Å². The summed E-state index contributed by atoms with van der Waals surface area (Å²) >= 11 is 0. The lowest BCUT2D eigenvalue weighted by Crippen LogP contribution is -2.06. The highest BCUT2D eigenvalue weighted by Crippen LogP contribution is 2.38. The second-order valence-corrected chi connectivity index (χ2v) is 6.36. The third-order valence-corrected chi connectivity index (χ3v) is 4.63. The summed E-state index contributed by atoms with van der Waals surface area (Å²) in [6, 6.07) is 29.6. The van der Waals surface area contributed by atoms with Crippen LogP contribution in [0, 0.1) is 0 Å². The predicted molar refractivity (Wildman–Crippen MR) is 112 cm³/mol. The Bertz CT molecular complexity index is 837. The molecule has 27 heavy (non-hydrogen) atoms. The molecule has 0 saturated heterocycles. The van der Waals surface area contributed by atoms with Gasteiger partial charge < -0.3 is 9.47 Å². The Morgan fingerprint density at radius 3 is 1.96 bits per heavy atom. The second kappa shape index (κ2) is 9.75. The molecular formula is C25H26O2. The lowest BCUT2D eigenvalue weighted by atomic mass is 9.81. The molecule has 0 bridgehead atoms. The highest BCUT2D eigenvalue weighted by molar-refractivity contribution is 5.75. The summed E-state index contributed by atoms with van der Waals surface area (Å²) in [7, 11) is 1.68. The van der Waals surface area contributed by atoms with Gasteiger partial charge in [-0.2, -0.15) is 0 Å². The van der Waals surface area contributed by atoms with Gasteiger partial charge in [-0.25, -0.2) is 0 Å². The summed E-state index contributed by atoms with van der Waals surface area (Å²) < 4.78 is 10.8. The minimum Gasteiger partial charge on any atom is -0.491 e. The van der Waals surface area contributed by atoms with Crippen LogP contribution in [0.25, 0.3) is 5.57 Å². The summed E-state index contributed by atoms with van der Waals surface area (Å²) in [5, 5.41) is 0. The van der Waals surface area contributed by atoms with Crippen LogP contribution in [-0.4, -0.2) is 20.3 Å². The number of allylic oxidation sites excluding steroid dienone is 2. The van der Waals surface area contributed by atoms with Crippen molar-refractivity contribution < 1.29 is 9.47 Å². The fourth-order valence-electron chi connectivity index (χ4n) is 3.33. The molecule has 0 amide bonds. The average Bonchev–Trinajstić information content (AvgIpc) is 2.74. The topological polar surface area (TPSA) is 18.5 Å². The largest absolute Gasteiger partial charge is 0.491 e. The van der Waals surface area contributed by atoms with Gasteiger partial charge in [0.05, 0.1) is 6.61 Å². The molecular weight excluding hydrogens is 332 g/mol. The summed E-state index contributed by atoms with van der Waals surface area (Å²) in [5.41, 5.74) is 5.07. The van der Waals surface area contributed by atoms with Crippen molar-refractivity contribution in [3.8, 4) is 5.75 Å². The third kappa shape index (κ3) is 4.87. The average molecular weight is 358 g/mol. The molecule has 0 radical (unpaired) electrons. The van der Waals surface area contributed by atoms with Crippen molar-refractivity contribution in [2.75, 3.05) is 20.3 Å². The molecule has 0 aliphatic carbocycles. The first-order valence-corrected chi connectivity index (χ1v) is 9.31. The van der Waals surface area contributed by atoms with E-state index in [2.05, 4.69) is 85.8 Å². The second-order valence-electron chi connectivity index (χ2n) is 6.36. The van der Waals surface area contributed by atoms with Crippen LogP contribution in [0.2, 0.25) is 0 Å². The van der Waals surface area contributed by atoms with Gasteiger partial charge in [-0.15, -0.1) is 0 Å². The van der Waals surface area contributed by atoms with Crippen molar-refractivity contribution in [1.82, 2.24) is 0 Å². The van der Waals surface area contributed by atoms with Crippen LogP contribution in [0.15, 0.2) is 91.0 Å². The summed E-state index contributed by atoms with van der Waals surface area (Å²) in [6.07, 6.45) is 2.22. The molecule has 3 rings (SSSR count). The van der Waals surface area contributed by atoms with E-state index in [1.165, 1.54) is 22.3 Å². The van der Waals surface area contributed by atoms with Gasteiger partial charge in [0, 0.05) is 13.0 Å². The third-order valence-electron chi connectivity index (χ3n) is 4.63. The zero-order valence-corrected chi connectivity index (χ0v) is 16.0. The van der Waals surface area contributed by atoms with Crippen molar-refractivity contribution >= 4 is 5.57 Å². The minimum atomic E-state index is 0.173. The zero-order chi connectivity index (χ0) is 18.9. The molecule has 0 aliphatic rings. The van der Waals surface area contributed by atoms with Crippen molar-refractivity contribution in [2.45, 2.75) is 12.8 Å². The van der Waals surface area contributed by atoms with Crippen LogP contribution in [-0.2, 0) is 4.74 Å². The SMILES string of the molecule is C/C=C(\c1ccccc1)C(c1ccccc1)c1ccc(OCCOC)cc1. The lowest BCUT2D eigenvalue weighted by Gasteiger charge is -2.22. The van der Waals surface area contributed by atoms with Crippen LogP contribution in [0.4, 0.5) is 0 Å². The number of rotatable bonds is 8. The molecule has 3 aromatic carbocycles. The fourth-order valence-corrected chi connectivity index (χ4v) is 3.33. The molecule has 1 unspecified atom stereocenters. The van der Waals surface area contributed by atoms with Crippen molar-refractivity contribution in [3.63, 3.8) is 0 Å². The molecule has 2 nitrogen and oxygen atoms in total. The minimum absolute atomic E-state index is 0.173. The van der Waals surface area contributed by atoms with Crippen LogP contribution >= 0.6 is 0 Å². The van der Waals surface area contributed by atoms with E-state index in [4.69, 9.17) is 9.47 Å². The number of hydrogen-bond acceptors (Lipinski definition) is 2. The Labute approximate surface area is 162 Å². The van der Waals surface area contributed by atoms with Gasteiger partial charge in [0.2, 0.25) is 0 Å². The highest BCUT2D eigenvalue weighted by Gasteiger charge is 2.19. The van der Waals surface area contributed by atoms with E-state index in [1.54, 1.807) is 7.11 Å². The molecule has 138 valence electrons. The monoisotopic (exact) mass is 358 g/mol. The molecule has 0 saturated carbocycles. The van der Waals surface area contributed by atoms with E-state index >= 15 is 0 Å². The van der Waals surface area contributed by atoms with Gasteiger partial charge in [-0.05, 0) is 41.3 Å². The molecule has 0 aromatic heterocycles. The normalized spacial score (nSPS) is 12.6. The Hall–Kier alpha value is -2.84. The standard InChI is InChI=1S/C25H26O2/c1-3-24(20-10-6-4-7-11-20)25(21-12-8-5-9-13-21)22-14-16-23(17-15-22)27-19-18-26-2/h3-17,25H,18-19H2,1-2H3/b24-3+. The van der Waals surface area contributed by atoms with E-state index in [0.717, 1.165) is 5.75 Å². The zero-order valence-electron chi connectivity index (χ0n) is 16.0. The summed E-state index contributed by atoms with van der Waals surface area (Å²) in [5.74, 6) is 1.04. The fraction of sp³-hybridized carbons (Fsp3) is 0.200. The maximum atomic E-state index is 5.72. The Morgan fingerprint density at radius 1 is 0.778 bits per heavy atom. The summed E-state index contributed by atoms with van der Waals surface area (Å²) in [4.78, 5) is 0. The van der Waals surface area contributed by atoms with E-state index in [-0.39, 0.29) is 5.92 Å². The molecule has 0 heterocycles. The molecule has 0 N–H and O–H groups in total. The highest BCUT2D eigenvalue weighted by atomic mass is 16.5. The lowest BCUT2D eigenvalue weighted by molar-refractivity contribution is 0.146. The number of ether oxygens (including phenoxy) is 2. The maximum absolute atomic E-state index is 5.72. The van der Waals surface area contributed by atoms with Crippen molar-refractivity contribution in [1.29, 1.82) is 0 Å².